The van der Waals surface area contributed by atoms with Crippen LogP contribution in [0.5, 0.6) is 0 Å². The van der Waals surface area contributed by atoms with Gasteiger partial charge in [-0.3, -0.25) is 0 Å². The predicted molar refractivity (Wildman–Crippen MR) is 101 cm³/mol. The average molecular weight is 332 g/mol. The summed E-state index contributed by atoms with van der Waals surface area (Å²) >= 11 is 0. The number of nitrogens with two attached hydrogens (primary N) is 1. The minimum absolute atomic E-state index is 0.205. The van der Waals surface area contributed by atoms with E-state index < -0.39 is 0 Å². The van der Waals surface area contributed by atoms with Gasteiger partial charge in [0.25, 0.3) is 0 Å². The van der Waals surface area contributed by atoms with E-state index in [-0.39, 0.29) is 17.9 Å². The highest BCUT2D eigenvalue weighted by molar-refractivity contribution is 5.54. The number of rotatable bonds is 3. The molecular weight excluding hydrogens is 311 g/mol. The average Bonchev–Trinajstić information content (AvgIpc) is 3.09. The smallest absolute Gasteiger partial charge is 0.123 e. The molecule has 1 heterocycles. The van der Waals surface area contributed by atoms with Crippen molar-refractivity contribution in [2.24, 2.45) is 0 Å². The van der Waals surface area contributed by atoms with Gasteiger partial charge in [0, 0.05) is 11.4 Å². The van der Waals surface area contributed by atoms with Crippen LogP contribution >= 0.6 is 0 Å². The summed E-state index contributed by atoms with van der Waals surface area (Å²) in [7, 11) is 0. The van der Waals surface area contributed by atoms with Crippen LogP contribution in [0, 0.1) is 5.82 Å². The highest BCUT2D eigenvalue weighted by Gasteiger charge is 2.35. The van der Waals surface area contributed by atoms with E-state index in [2.05, 4.69) is 41.3 Å². The molecule has 2 unspecified atom stereocenters. The van der Waals surface area contributed by atoms with Gasteiger partial charge in [-0.1, -0.05) is 42.5 Å². The molecule has 2 N–H and O–H groups in total. The lowest BCUT2D eigenvalue weighted by Crippen LogP contribution is -2.26. The largest absolute Gasteiger partial charge is 0.399 e. The molecule has 1 fully saturated rings. The normalized spacial score (nSPS) is 20.0. The quantitative estimate of drug-likeness (QED) is 0.643. The van der Waals surface area contributed by atoms with Gasteiger partial charge in [0.15, 0.2) is 0 Å². The first-order chi connectivity index (χ1) is 12.2. The van der Waals surface area contributed by atoms with Gasteiger partial charge < -0.3 is 10.6 Å². The highest BCUT2D eigenvalue weighted by Crippen LogP contribution is 2.46. The minimum Gasteiger partial charge on any atom is -0.399 e. The molecule has 25 heavy (non-hydrogen) atoms. The van der Waals surface area contributed by atoms with E-state index in [1.165, 1.54) is 23.3 Å². The van der Waals surface area contributed by atoms with E-state index in [1.807, 2.05) is 30.3 Å². The SMILES string of the molecule is Nc1ccc(C2CCC(c3ccccc3)N2c2ccc(F)cc2)cc1. The van der Waals surface area contributed by atoms with Gasteiger partial charge in [-0.15, -0.1) is 0 Å². The zero-order chi connectivity index (χ0) is 17.2. The number of anilines is 2. The maximum absolute atomic E-state index is 13.4. The number of hydrogen-bond acceptors (Lipinski definition) is 2. The molecule has 1 aliphatic rings. The Kier molecular flexibility index (Phi) is 4.14. The van der Waals surface area contributed by atoms with Crippen molar-refractivity contribution in [2.45, 2.75) is 24.9 Å². The van der Waals surface area contributed by atoms with Crippen molar-refractivity contribution in [3.8, 4) is 0 Å². The zero-order valence-electron chi connectivity index (χ0n) is 14.0. The number of nitrogens with zero attached hydrogens (tertiary/aromatic N) is 1. The third-order valence-corrected chi connectivity index (χ3v) is 5.02. The maximum Gasteiger partial charge on any atom is 0.123 e. The monoisotopic (exact) mass is 332 g/mol. The van der Waals surface area contributed by atoms with Gasteiger partial charge in [-0.2, -0.15) is 0 Å². The minimum atomic E-state index is -0.205. The van der Waals surface area contributed by atoms with E-state index in [9.17, 15) is 4.39 Å². The van der Waals surface area contributed by atoms with Crippen LogP contribution in [0.4, 0.5) is 15.8 Å². The van der Waals surface area contributed by atoms with Gasteiger partial charge in [-0.25, -0.2) is 4.39 Å². The van der Waals surface area contributed by atoms with Crippen molar-refractivity contribution in [1.82, 2.24) is 0 Å². The first kappa shape index (κ1) is 15.7. The fraction of sp³-hybridized carbons (Fsp3) is 0.182. The summed E-state index contributed by atoms with van der Waals surface area (Å²) in [5.41, 5.74) is 10.2. The fourth-order valence-corrected chi connectivity index (χ4v) is 3.83. The Morgan fingerprint density at radius 1 is 0.720 bits per heavy atom. The van der Waals surface area contributed by atoms with Gasteiger partial charge in [0.2, 0.25) is 0 Å². The van der Waals surface area contributed by atoms with Crippen LogP contribution in [0.15, 0.2) is 78.9 Å². The molecule has 1 saturated heterocycles. The summed E-state index contributed by atoms with van der Waals surface area (Å²) in [4.78, 5) is 2.42. The standard InChI is InChI=1S/C22H21FN2/c23-18-8-12-20(13-9-18)25-21(16-4-2-1-3-5-16)14-15-22(25)17-6-10-19(24)11-7-17/h1-13,21-22H,14-15,24H2. The fourth-order valence-electron chi connectivity index (χ4n) is 3.83. The highest BCUT2D eigenvalue weighted by atomic mass is 19.1. The Balaban J connectivity index is 1.76. The van der Waals surface area contributed by atoms with Crippen molar-refractivity contribution in [1.29, 1.82) is 0 Å². The van der Waals surface area contributed by atoms with Crippen LogP contribution < -0.4 is 10.6 Å². The molecular formula is C22H21FN2. The Morgan fingerprint density at radius 2 is 1.28 bits per heavy atom. The Hall–Kier alpha value is -2.81. The third kappa shape index (κ3) is 3.10. The molecule has 0 amide bonds. The lowest BCUT2D eigenvalue weighted by Gasteiger charge is -2.33. The molecule has 3 aromatic rings. The molecule has 3 aromatic carbocycles. The summed E-state index contributed by atoms with van der Waals surface area (Å²) in [5, 5.41) is 0. The zero-order valence-corrected chi connectivity index (χ0v) is 14.0. The van der Waals surface area contributed by atoms with Crippen molar-refractivity contribution in [3.63, 3.8) is 0 Å². The molecule has 0 aromatic heterocycles. The van der Waals surface area contributed by atoms with Crippen LogP contribution in [-0.2, 0) is 0 Å². The summed E-state index contributed by atoms with van der Waals surface area (Å²) in [5.74, 6) is -0.205. The maximum atomic E-state index is 13.4. The molecule has 126 valence electrons. The van der Waals surface area contributed by atoms with E-state index in [4.69, 9.17) is 5.73 Å². The van der Waals surface area contributed by atoms with Crippen molar-refractivity contribution in [2.75, 3.05) is 10.6 Å². The van der Waals surface area contributed by atoms with Crippen molar-refractivity contribution < 1.29 is 4.39 Å². The van der Waals surface area contributed by atoms with Gasteiger partial charge in [0.05, 0.1) is 12.1 Å². The van der Waals surface area contributed by atoms with Gasteiger partial charge in [-0.05, 0) is 60.4 Å². The molecule has 0 radical (unpaired) electrons. The molecule has 1 aliphatic heterocycles. The topological polar surface area (TPSA) is 29.3 Å². The molecule has 2 nitrogen and oxygen atoms in total. The van der Waals surface area contributed by atoms with Gasteiger partial charge in [0.1, 0.15) is 5.82 Å². The number of halogens is 1. The molecule has 3 heteroatoms. The van der Waals surface area contributed by atoms with Crippen LogP contribution in [0.1, 0.15) is 36.1 Å². The second-order valence-electron chi connectivity index (χ2n) is 6.57. The molecule has 0 saturated carbocycles. The predicted octanol–water partition coefficient (Wildman–Crippen LogP) is 5.49. The first-order valence-corrected chi connectivity index (χ1v) is 8.66. The van der Waals surface area contributed by atoms with Gasteiger partial charge >= 0.3 is 0 Å². The van der Waals surface area contributed by atoms with E-state index >= 15 is 0 Å². The molecule has 0 bridgehead atoms. The number of hydrogen-bond donors (Lipinski definition) is 1. The van der Waals surface area contributed by atoms with Crippen LogP contribution in [0.3, 0.4) is 0 Å². The van der Waals surface area contributed by atoms with Crippen molar-refractivity contribution >= 4 is 11.4 Å². The van der Waals surface area contributed by atoms with E-state index in [0.717, 1.165) is 24.2 Å². The Morgan fingerprint density at radius 3 is 1.88 bits per heavy atom. The molecule has 0 spiro atoms. The lowest BCUT2D eigenvalue weighted by molar-refractivity contribution is 0.625. The summed E-state index contributed by atoms with van der Waals surface area (Å²) in [6.45, 7) is 0. The van der Waals surface area contributed by atoms with Crippen LogP contribution in [0.2, 0.25) is 0 Å². The molecule has 0 aliphatic carbocycles. The van der Waals surface area contributed by atoms with E-state index in [0.29, 0.717) is 0 Å². The summed E-state index contributed by atoms with van der Waals surface area (Å²) in [6.07, 6.45) is 2.12. The second-order valence-corrected chi connectivity index (χ2v) is 6.57. The summed E-state index contributed by atoms with van der Waals surface area (Å²) < 4.78 is 13.4. The van der Waals surface area contributed by atoms with Crippen LogP contribution in [-0.4, -0.2) is 0 Å². The second kappa shape index (κ2) is 6.60. The van der Waals surface area contributed by atoms with E-state index in [1.54, 1.807) is 0 Å². The Bertz CT molecular complexity index is 828. The lowest BCUT2D eigenvalue weighted by atomic mass is 10.0. The number of nitrogen functional groups attached to an aromatic ring is 1. The molecule has 4 rings (SSSR count). The first-order valence-electron chi connectivity index (χ1n) is 8.66. The van der Waals surface area contributed by atoms with Crippen molar-refractivity contribution in [3.05, 3.63) is 95.8 Å². The Labute approximate surface area is 147 Å². The number of benzene rings is 3. The summed E-state index contributed by atoms with van der Waals surface area (Å²) in [6, 6.07) is 26.0. The molecule has 2 atom stereocenters. The van der Waals surface area contributed by atoms with Crippen LogP contribution in [0.25, 0.3) is 0 Å². The third-order valence-electron chi connectivity index (χ3n) is 5.02.